The van der Waals surface area contributed by atoms with Crippen LogP contribution < -0.4 is 0 Å². The maximum atomic E-state index is 14.4. The Kier molecular flexibility index (Phi) is 5.36. The molecule has 0 radical (unpaired) electrons. The first kappa shape index (κ1) is 19.5. The lowest BCUT2D eigenvalue weighted by atomic mass is 10.0. The Labute approximate surface area is 157 Å². The highest BCUT2D eigenvalue weighted by atomic mass is 19.1. The Morgan fingerprint density at radius 3 is 2.70 bits per heavy atom. The van der Waals surface area contributed by atoms with Gasteiger partial charge in [-0.3, -0.25) is 4.90 Å². The Morgan fingerprint density at radius 1 is 1.30 bits per heavy atom. The normalized spacial score (nSPS) is 23.5. The van der Waals surface area contributed by atoms with E-state index in [1.807, 2.05) is 20.8 Å². The molecule has 2 atom stereocenters. The van der Waals surface area contributed by atoms with Gasteiger partial charge in [0.1, 0.15) is 28.9 Å². The molecule has 0 aliphatic carbocycles. The molecule has 27 heavy (non-hydrogen) atoms. The van der Waals surface area contributed by atoms with Crippen LogP contribution in [0.2, 0.25) is 0 Å². The average molecular weight is 379 g/mol. The van der Waals surface area contributed by atoms with E-state index in [2.05, 4.69) is 4.90 Å². The van der Waals surface area contributed by atoms with Crippen LogP contribution in [0.3, 0.4) is 0 Å². The van der Waals surface area contributed by atoms with Gasteiger partial charge in [0.05, 0.1) is 18.8 Å². The third-order valence-corrected chi connectivity index (χ3v) is 4.73. The van der Waals surface area contributed by atoms with Gasteiger partial charge in [0, 0.05) is 31.7 Å². The number of fused-ring (bicyclic) bond motifs is 1. The van der Waals surface area contributed by atoms with Gasteiger partial charge < -0.3 is 14.4 Å². The molecular weight excluding hydrogens is 356 g/mol. The summed E-state index contributed by atoms with van der Waals surface area (Å²) < 4.78 is 39.2. The van der Waals surface area contributed by atoms with Gasteiger partial charge in [-0.2, -0.15) is 5.26 Å². The molecule has 6 nitrogen and oxygen atoms in total. The van der Waals surface area contributed by atoms with Crippen molar-refractivity contribution in [2.24, 2.45) is 0 Å². The summed E-state index contributed by atoms with van der Waals surface area (Å²) in [5.41, 5.74) is -0.963. The Hall–Kier alpha value is -2.24. The van der Waals surface area contributed by atoms with Crippen LogP contribution in [0.5, 0.6) is 0 Å². The Balaban J connectivity index is 1.67. The Bertz CT molecular complexity index is 773. The van der Waals surface area contributed by atoms with Gasteiger partial charge in [-0.15, -0.1) is 0 Å². The number of rotatable bonds is 1. The molecule has 0 saturated carbocycles. The fourth-order valence-electron chi connectivity index (χ4n) is 3.38. The van der Waals surface area contributed by atoms with Crippen molar-refractivity contribution in [3.05, 3.63) is 34.9 Å². The highest BCUT2D eigenvalue weighted by Gasteiger charge is 2.37. The third kappa shape index (κ3) is 4.20. The van der Waals surface area contributed by atoms with Gasteiger partial charge in [0.25, 0.3) is 0 Å². The van der Waals surface area contributed by atoms with E-state index in [1.165, 1.54) is 6.07 Å². The van der Waals surface area contributed by atoms with E-state index in [0.29, 0.717) is 32.8 Å². The van der Waals surface area contributed by atoms with Crippen LogP contribution in [0.25, 0.3) is 0 Å². The highest BCUT2D eigenvalue weighted by molar-refractivity contribution is 5.68. The second-order valence-electron chi connectivity index (χ2n) is 7.83. The second-order valence-corrected chi connectivity index (χ2v) is 7.83. The molecule has 0 spiro atoms. The zero-order valence-corrected chi connectivity index (χ0v) is 15.7. The summed E-state index contributed by atoms with van der Waals surface area (Å²) in [6.45, 7) is 7.78. The first-order valence-electron chi connectivity index (χ1n) is 8.91. The number of nitrogens with zero attached hydrogens (tertiary/aromatic N) is 3. The number of halogens is 2. The maximum Gasteiger partial charge on any atom is 0.410 e. The second kappa shape index (κ2) is 7.41. The lowest BCUT2D eigenvalue weighted by Gasteiger charge is -2.46. The molecule has 2 fully saturated rings. The molecule has 1 aromatic rings. The molecule has 0 N–H and O–H groups in total. The van der Waals surface area contributed by atoms with Crippen molar-refractivity contribution in [1.29, 1.82) is 5.26 Å². The lowest BCUT2D eigenvalue weighted by Crippen LogP contribution is -2.60. The monoisotopic (exact) mass is 379 g/mol. The summed E-state index contributed by atoms with van der Waals surface area (Å²) in [4.78, 5) is 16.0. The molecule has 0 bridgehead atoms. The van der Waals surface area contributed by atoms with E-state index in [4.69, 9.17) is 14.7 Å². The predicted octanol–water partition coefficient (Wildman–Crippen LogP) is 2.83. The number of carbonyl (C=O) groups is 1. The fourth-order valence-corrected chi connectivity index (χ4v) is 3.38. The largest absolute Gasteiger partial charge is 0.444 e. The molecule has 0 aromatic heterocycles. The first-order chi connectivity index (χ1) is 12.7. The van der Waals surface area contributed by atoms with Crippen molar-refractivity contribution in [3.63, 3.8) is 0 Å². The lowest BCUT2D eigenvalue weighted by molar-refractivity contribution is -0.0915. The van der Waals surface area contributed by atoms with Crippen molar-refractivity contribution < 1.29 is 23.0 Å². The summed E-state index contributed by atoms with van der Waals surface area (Å²) in [5.74, 6) is -1.74. The number of morpholine rings is 1. The number of hydrogen-bond acceptors (Lipinski definition) is 5. The van der Waals surface area contributed by atoms with E-state index >= 15 is 0 Å². The van der Waals surface area contributed by atoms with E-state index in [9.17, 15) is 13.6 Å². The zero-order valence-electron chi connectivity index (χ0n) is 15.7. The van der Waals surface area contributed by atoms with Gasteiger partial charge in [-0.25, -0.2) is 13.6 Å². The van der Waals surface area contributed by atoms with Crippen LogP contribution >= 0.6 is 0 Å². The number of carbonyl (C=O) groups excluding carboxylic acids is 1. The summed E-state index contributed by atoms with van der Waals surface area (Å²) in [6, 6.07) is 3.96. The molecule has 3 rings (SSSR count). The van der Waals surface area contributed by atoms with Crippen molar-refractivity contribution in [1.82, 2.24) is 9.80 Å². The van der Waals surface area contributed by atoms with Crippen molar-refractivity contribution in [2.75, 3.05) is 32.8 Å². The number of nitriles is 1. The van der Waals surface area contributed by atoms with Crippen LogP contribution in [-0.2, 0) is 9.47 Å². The standard InChI is InChI=1S/C19H23F2N3O3/c1-19(2,3)27-18(25)24-7-6-23-10-16(26-11-12(23)9-24)13-4-5-15(20)14(8-22)17(13)21/h4-5,12,16H,6-7,9-11H2,1-3H3/t12-,16-/m1/s1. The number of benzene rings is 1. The number of ether oxygens (including phenoxy) is 2. The maximum absolute atomic E-state index is 14.4. The zero-order chi connectivity index (χ0) is 19.8. The fraction of sp³-hybridized carbons (Fsp3) is 0.579. The van der Waals surface area contributed by atoms with Gasteiger partial charge >= 0.3 is 6.09 Å². The van der Waals surface area contributed by atoms with E-state index in [1.54, 1.807) is 11.0 Å². The molecule has 1 aromatic carbocycles. The molecule has 0 unspecified atom stereocenters. The minimum atomic E-state index is -0.876. The topological polar surface area (TPSA) is 65.8 Å². The molecule has 1 amide bonds. The summed E-state index contributed by atoms with van der Waals surface area (Å²) in [6.07, 6.45) is -0.936. The first-order valence-corrected chi connectivity index (χ1v) is 8.91. The van der Waals surface area contributed by atoms with Crippen LogP contribution in [0.15, 0.2) is 12.1 Å². The quantitative estimate of drug-likeness (QED) is 0.751. The van der Waals surface area contributed by atoms with Gasteiger partial charge in [0.15, 0.2) is 0 Å². The smallest absolute Gasteiger partial charge is 0.410 e. The number of amides is 1. The number of piperazine rings is 1. The number of hydrogen-bond donors (Lipinski definition) is 0. The van der Waals surface area contributed by atoms with Crippen LogP contribution in [0, 0.1) is 23.0 Å². The molecule has 2 saturated heterocycles. The minimum absolute atomic E-state index is 0.0125. The summed E-state index contributed by atoms with van der Waals surface area (Å²) >= 11 is 0. The van der Waals surface area contributed by atoms with Crippen LogP contribution in [0.1, 0.15) is 38.0 Å². The molecular formula is C19H23F2N3O3. The van der Waals surface area contributed by atoms with Crippen molar-refractivity contribution in [3.8, 4) is 6.07 Å². The van der Waals surface area contributed by atoms with E-state index < -0.39 is 28.9 Å². The predicted molar refractivity (Wildman–Crippen MR) is 92.9 cm³/mol. The highest BCUT2D eigenvalue weighted by Crippen LogP contribution is 2.30. The van der Waals surface area contributed by atoms with Crippen molar-refractivity contribution in [2.45, 2.75) is 38.5 Å². The van der Waals surface area contributed by atoms with E-state index in [0.717, 1.165) is 6.07 Å². The third-order valence-electron chi connectivity index (χ3n) is 4.73. The van der Waals surface area contributed by atoms with Gasteiger partial charge in [0.2, 0.25) is 0 Å². The van der Waals surface area contributed by atoms with Crippen LogP contribution in [-0.4, -0.2) is 60.3 Å². The summed E-state index contributed by atoms with van der Waals surface area (Å²) in [5, 5.41) is 8.94. The van der Waals surface area contributed by atoms with Gasteiger partial charge in [-0.05, 0) is 26.8 Å². The SMILES string of the molecule is CC(C)(C)OC(=O)N1CCN2C[C@H](c3ccc(F)c(C#N)c3F)OC[C@H]2C1. The Morgan fingerprint density at radius 2 is 2.04 bits per heavy atom. The molecule has 146 valence electrons. The molecule has 8 heteroatoms. The molecule has 2 aliphatic rings. The minimum Gasteiger partial charge on any atom is -0.444 e. The summed E-state index contributed by atoms with van der Waals surface area (Å²) in [7, 11) is 0. The van der Waals surface area contributed by atoms with Crippen molar-refractivity contribution >= 4 is 6.09 Å². The average Bonchev–Trinajstić information content (AvgIpc) is 2.60. The van der Waals surface area contributed by atoms with Crippen LogP contribution in [0.4, 0.5) is 13.6 Å². The molecule has 2 aliphatic heterocycles. The van der Waals surface area contributed by atoms with E-state index in [-0.39, 0.29) is 17.7 Å². The van der Waals surface area contributed by atoms with Gasteiger partial charge in [-0.1, -0.05) is 6.07 Å². The molecule has 2 heterocycles.